The molecule has 1 unspecified atom stereocenters. The number of benzene rings is 2. The first kappa shape index (κ1) is 22.8. The molecule has 8 nitrogen and oxygen atoms in total. The van der Waals surface area contributed by atoms with Crippen molar-refractivity contribution in [3.8, 4) is 5.75 Å². The molecule has 0 radical (unpaired) electrons. The second kappa shape index (κ2) is 10.5. The van der Waals surface area contributed by atoms with Crippen molar-refractivity contribution in [2.24, 2.45) is 5.10 Å². The molecule has 9 heteroatoms. The van der Waals surface area contributed by atoms with Gasteiger partial charge < -0.3 is 14.4 Å². The third-order valence-electron chi connectivity index (χ3n) is 5.56. The minimum Gasteiger partial charge on any atom is -0.497 e. The van der Waals surface area contributed by atoms with Gasteiger partial charge in [-0.3, -0.25) is 14.4 Å². The van der Waals surface area contributed by atoms with Crippen LogP contribution < -0.4 is 4.74 Å². The van der Waals surface area contributed by atoms with Gasteiger partial charge in [-0.25, -0.2) is 5.01 Å². The number of thioether (sulfide) groups is 1. The fourth-order valence-corrected chi connectivity index (χ4v) is 4.62. The third kappa shape index (κ3) is 5.54. The molecule has 2 aliphatic heterocycles. The lowest BCUT2D eigenvalue weighted by Crippen LogP contribution is -2.32. The first-order valence-electron chi connectivity index (χ1n) is 10.7. The summed E-state index contributed by atoms with van der Waals surface area (Å²) in [6.45, 7) is 0.525. The van der Waals surface area contributed by atoms with Gasteiger partial charge in [0.1, 0.15) is 5.75 Å². The lowest BCUT2D eigenvalue weighted by molar-refractivity contribution is -0.153. The normalized spacial score (nSPS) is 17.8. The lowest BCUT2D eigenvalue weighted by atomic mass is 9.98. The predicted molar refractivity (Wildman–Crippen MR) is 125 cm³/mol. The molecular formula is C24H25N3O5S. The Balaban J connectivity index is 1.42. The summed E-state index contributed by atoms with van der Waals surface area (Å²) in [5, 5.41) is 5.95. The van der Waals surface area contributed by atoms with Gasteiger partial charge in [-0.2, -0.15) is 5.10 Å². The average Bonchev–Trinajstić information content (AvgIpc) is 3.48. The maximum Gasteiger partial charge on any atom is 0.308 e. The van der Waals surface area contributed by atoms with Gasteiger partial charge in [0.05, 0.1) is 25.3 Å². The fraction of sp³-hybridized carbons (Fsp3) is 0.333. The minimum absolute atomic E-state index is 0.0268. The molecule has 0 N–H and O–H groups in total. The summed E-state index contributed by atoms with van der Waals surface area (Å²) in [7, 11) is 1.60. The smallest absolute Gasteiger partial charge is 0.308 e. The molecule has 2 aromatic rings. The molecule has 4 rings (SSSR count). The van der Waals surface area contributed by atoms with Crippen LogP contribution in [-0.4, -0.2) is 65.3 Å². The first-order valence-corrected chi connectivity index (χ1v) is 11.7. The summed E-state index contributed by atoms with van der Waals surface area (Å²) in [5.74, 6) is 0.543. The van der Waals surface area contributed by atoms with Crippen LogP contribution in [0.1, 0.15) is 30.0 Å². The Morgan fingerprint density at radius 3 is 2.55 bits per heavy atom. The Labute approximate surface area is 196 Å². The molecule has 172 valence electrons. The summed E-state index contributed by atoms with van der Waals surface area (Å²) in [4.78, 5) is 38.4. The quantitative estimate of drug-likeness (QED) is 0.553. The van der Waals surface area contributed by atoms with E-state index in [1.54, 1.807) is 12.0 Å². The van der Waals surface area contributed by atoms with Crippen molar-refractivity contribution in [2.45, 2.75) is 18.9 Å². The Morgan fingerprint density at radius 1 is 1.12 bits per heavy atom. The van der Waals surface area contributed by atoms with Gasteiger partial charge in [0.2, 0.25) is 0 Å². The summed E-state index contributed by atoms with van der Waals surface area (Å²) >= 11 is 1.24. The number of rotatable bonds is 8. The zero-order valence-corrected chi connectivity index (χ0v) is 19.1. The Bertz CT molecular complexity index is 1040. The van der Waals surface area contributed by atoms with Gasteiger partial charge in [0.15, 0.2) is 6.61 Å². The monoisotopic (exact) mass is 467 g/mol. The summed E-state index contributed by atoms with van der Waals surface area (Å²) in [6.07, 6.45) is 0.602. The zero-order valence-electron chi connectivity index (χ0n) is 18.3. The number of carbonyl (C=O) groups excluding carboxylic acids is 3. The highest BCUT2D eigenvalue weighted by molar-refractivity contribution is 8.13. The minimum atomic E-state index is -0.513. The summed E-state index contributed by atoms with van der Waals surface area (Å²) < 4.78 is 10.4. The maximum absolute atomic E-state index is 13.0. The molecule has 0 saturated carbocycles. The SMILES string of the molecule is COc1ccc(C2CC(c3ccccc3)=NN2C(=O)COC(=O)CCN2CCSC2=O)cc1. The van der Waals surface area contributed by atoms with E-state index < -0.39 is 18.5 Å². The fourth-order valence-electron chi connectivity index (χ4n) is 3.77. The van der Waals surface area contributed by atoms with Gasteiger partial charge in [-0.15, -0.1) is 0 Å². The van der Waals surface area contributed by atoms with Crippen LogP contribution >= 0.6 is 11.8 Å². The van der Waals surface area contributed by atoms with Crippen molar-refractivity contribution < 1.29 is 23.9 Å². The number of methoxy groups -OCH3 is 1. The molecule has 1 fully saturated rings. The largest absolute Gasteiger partial charge is 0.497 e. The van der Waals surface area contributed by atoms with E-state index in [-0.39, 0.29) is 17.7 Å². The third-order valence-corrected chi connectivity index (χ3v) is 6.45. The topological polar surface area (TPSA) is 88.5 Å². The highest BCUT2D eigenvalue weighted by atomic mass is 32.2. The molecule has 2 amide bonds. The number of esters is 1. The van der Waals surface area contributed by atoms with Gasteiger partial charge in [-0.05, 0) is 23.3 Å². The number of hydrogen-bond acceptors (Lipinski definition) is 7. The van der Waals surface area contributed by atoms with E-state index in [4.69, 9.17) is 9.47 Å². The van der Waals surface area contributed by atoms with Crippen LogP contribution in [0.4, 0.5) is 4.79 Å². The number of hydrazone groups is 1. The molecule has 2 aliphatic rings. The number of amides is 2. The van der Waals surface area contributed by atoms with E-state index in [0.29, 0.717) is 19.5 Å². The van der Waals surface area contributed by atoms with E-state index in [2.05, 4.69) is 5.10 Å². The van der Waals surface area contributed by atoms with Crippen LogP contribution in [0.5, 0.6) is 5.75 Å². The van der Waals surface area contributed by atoms with Crippen LogP contribution in [0.15, 0.2) is 59.7 Å². The average molecular weight is 468 g/mol. The lowest BCUT2D eigenvalue weighted by Gasteiger charge is -2.22. The molecule has 0 bridgehead atoms. The van der Waals surface area contributed by atoms with Gasteiger partial charge >= 0.3 is 5.97 Å². The molecule has 0 spiro atoms. The molecule has 33 heavy (non-hydrogen) atoms. The highest BCUT2D eigenvalue weighted by Gasteiger charge is 2.33. The van der Waals surface area contributed by atoms with E-state index in [1.807, 2.05) is 54.6 Å². The van der Waals surface area contributed by atoms with Crippen LogP contribution in [0.2, 0.25) is 0 Å². The second-order valence-electron chi connectivity index (χ2n) is 7.66. The summed E-state index contributed by atoms with van der Waals surface area (Å²) in [5.41, 5.74) is 2.65. The summed E-state index contributed by atoms with van der Waals surface area (Å²) in [6, 6.07) is 16.9. The van der Waals surface area contributed by atoms with Crippen molar-refractivity contribution in [3.63, 3.8) is 0 Å². The van der Waals surface area contributed by atoms with Gasteiger partial charge in [-0.1, -0.05) is 54.2 Å². The Kier molecular flexibility index (Phi) is 7.29. The molecule has 2 aromatic carbocycles. The first-order chi connectivity index (χ1) is 16.0. The van der Waals surface area contributed by atoms with E-state index in [1.165, 1.54) is 16.8 Å². The van der Waals surface area contributed by atoms with Crippen molar-refractivity contribution in [1.82, 2.24) is 9.91 Å². The number of carbonyl (C=O) groups is 3. The van der Waals surface area contributed by atoms with Gasteiger partial charge in [0, 0.05) is 25.3 Å². The molecular weight excluding hydrogens is 442 g/mol. The molecule has 1 atom stereocenters. The second-order valence-corrected chi connectivity index (χ2v) is 8.70. The molecule has 1 saturated heterocycles. The van der Waals surface area contributed by atoms with Crippen LogP contribution in [0.25, 0.3) is 0 Å². The van der Waals surface area contributed by atoms with Crippen molar-refractivity contribution >= 4 is 34.6 Å². The number of hydrogen-bond donors (Lipinski definition) is 0. The van der Waals surface area contributed by atoms with E-state index >= 15 is 0 Å². The standard InChI is InChI=1S/C24H25N3O5S/c1-31-19-9-7-18(8-10-19)21-15-20(17-5-3-2-4-6-17)25-27(21)22(28)16-32-23(29)11-12-26-13-14-33-24(26)30/h2-10,21H,11-16H2,1H3. The van der Waals surface area contributed by atoms with Crippen LogP contribution in [-0.2, 0) is 14.3 Å². The molecule has 0 aromatic heterocycles. The van der Waals surface area contributed by atoms with E-state index in [9.17, 15) is 14.4 Å². The predicted octanol–water partition coefficient (Wildman–Crippen LogP) is 3.48. The highest BCUT2D eigenvalue weighted by Crippen LogP contribution is 2.33. The molecule has 2 heterocycles. The Morgan fingerprint density at radius 2 is 1.88 bits per heavy atom. The zero-order chi connectivity index (χ0) is 23.2. The number of ether oxygens (including phenoxy) is 2. The van der Waals surface area contributed by atoms with Crippen LogP contribution in [0.3, 0.4) is 0 Å². The maximum atomic E-state index is 13.0. The van der Waals surface area contributed by atoms with Crippen molar-refractivity contribution in [1.29, 1.82) is 0 Å². The number of nitrogens with zero attached hydrogens (tertiary/aromatic N) is 3. The molecule has 0 aliphatic carbocycles. The van der Waals surface area contributed by atoms with Crippen LogP contribution in [0, 0.1) is 0 Å². The Hall–Kier alpha value is -3.33. The van der Waals surface area contributed by atoms with Crippen molar-refractivity contribution in [3.05, 3.63) is 65.7 Å². The van der Waals surface area contributed by atoms with Gasteiger partial charge in [0.25, 0.3) is 11.1 Å². The van der Waals surface area contributed by atoms with Crippen molar-refractivity contribution in [2.75, 3.05) is 32.6 Å². The van der Waals surface area contributed by atoms with E-state index in [0.717, 1.165) is 28.3 Å².